The Bertz CT molecular complexity index is 264. The van der Waals surface area contributed by atoms with Gasteiger partial charge in [0.25, 0.3) is 6.47 Å². The Hall–Kier alpha value is -0.790. The van der Waals surface area contributed by atoms with E-state index in [9.17, 15) is 4.79 Å². The molecule has 0 heterocycles. The van der Waals surface area contributed by atoms with Crippen LogP contribution in [0.5, 0.6) is 0 Å². The van der Waals surface area contributed by atoms with Gasteiger partial charge in [0.1, 0.15) is 0 Å². The molecule has 1 atom stereocenters. The van der Waals surface area contributed by atoms with Gasteiger partial charge in [0.15, 0.2) is 0 Å². The molecule has 15 heavy (non-hydrogen) atoms. The van der Waals surface area contributed by atoms with Crippen LogP contribution in [-0.4, -0.2) is 13.1 Å². The normalized spacial score (nSPS) is 25.2. The molecule has 0 aromatic heterocycles. The van der Waals surface area contributed by atoms with Crippen LogP contribution in [-0.2, 0) is 9.53 Å². The van der Waals surface area contributed by atoms with Crippen molar-refractivity contribution < 1.29 is 9.53 Å². The quantitative estimate of drug-likeness (QED) is 0.525. The molecule has 0 aromatic carbocycles. The van der Waals surface area contributed by atoms with Crippen molar-refractivity contribution >= 4 is 6.47 Å². The van der Waals surface area contributed by atoms with Gasteiger partial charge in [-0.3, -0.25) is 4.79 Å². The number of carbonyl (C=O) groups is 1. The summed E-state index contributed by atoms with van der Waals surface area (Å²) in [5.41, 5.74) is 3.25. The molecule has 2 heteroatoms. The lowest BCUT2D eigenvalue weighted by Gasteiger charge is -2.40. The number of hydrogen-bond acceptors (Lipinski definition) is 2. The van der Waals surface area contributed by atoms with Crippen LogP contribution in [0.2, 0.25) is 0 Å². The molecule has 1 rings (SSSR count). The number of ether oxygens (including phenoxy) is 1. The topological polar surface area (TPSA) is 26.3 Å². The van der Waals surface area contributed by atoms with E-state index in [-0.39, 0.29) is 5.41 Å². The van der Waals surface area contributed by atoms with Crippen LogP contribution in [0.4, 0.5) is 0 Å². The molecule has 0 aliphatic heterocycles. The van der Waals surface area contributed by atoms with E-state index in [4.69, 9.17) is 4.74 Å². The first-order valence-corrected chi connectivity index (χ1v) is 5.76. The van der Waals surface area contributed by atoms with Crippen LogP contribution in [0.3, 0.4) is 0 Å². The van der Waals surface area contributed by atoms with Gasteiger partial charge >= 0.3 is 0 Å². The van der Waals surface area contributed by atoms with Crippen molar-refractivity contribution in [3.63, 3.8) is 0 Å². The van der Waals surface area contributed by atoms with E-state index in [1.165, 1.54) is 24.0 Å². The summed E-state index contributed by atoms with van der Waals surface area (Å²) in [6.07, 6.45) is 3.45. The maximum Gasteiger partial charge on any atom is 0.293 e. The summed E-state index contributed by atoms with van der Waals surface area (Å²) in [5.74, 6) is 0.404. The van der Waals surface area contributed by atoms with Crippen LogP contribution in [0.25, 0.3) is 0 Å². The van der Waals surface area contributed by atoms with Crippen molar-refractivity contribution in [3.05, 3.63) is 11.1 Å². The van der Waals surface area contributed by atoms with E-state index in [0.717, 1.165) is 6.42 Å². The first-order chi connectivity index (χ1) is 7.03. The Labute approximate surface area is 92.7 Å². The second kappa shape index (κ2) is 4.82. The summed E-state index contributed by atoms with van der Waals surface area (Å²) >= 11 is 0. The molecular formula is C13H22O2. The molecule has 0 bridgehead atoms. The number of carbonyl (C=O) groups excluding carboxylic acids is 1. The molecule has 2 nitrogen and oxygen atoms in total. The molecule has 86 valence electrons. The maximum absolute atomic E-state index is 10.3. The summed E-state index contributed by atoms with van der Waals surface area (Å²) in [7, 11) is 0. The van der Waals surface area contributed by atoms with E-state index in [1.807, 2.05) is 0 Å². The van der Waals surface area contributed by atoms with E-state index < -0.39 is 0 Å². The Morgan fingerprint density at radius 2 is 2.20 bits per heavy atom. The van der Waals surface area contributed by atoms with Gasteiger partial charge in [0.2, 0.25) is 0 Å². The third kappa shape index (κ3) is 2.61. The fourth-order valence-electron chi connectivity index (χ4n) is 2.62. The fourth-order valence-corrected chi connectivity index (χ4v) is 2.62. The molecule has 0 amide bonds. The lowest BCUT2D eigenvalue weighted by Crippen LogP contribution is -2.33. The van der Waals surface area contributed by atoms with E-state index in [2.05, 4.69) is 27.7 Å². The third-order valence-electron chi connectivity index (χ3n) is 3.77. The first kappa shape index (κ1) is 12.3. The smallest absolute Gasteiger partial charge is 0.293 e. The molecule has 0 aromatic rings. The van der Waals surface area contributed by atoms with Crippen molar-refractivity contribution in [2.45, 2.75) is 47.0 Å². The van der Waals surface area contributed by atoms with Gasteiger partial charge in [-0.1, -0.05) is 31.9 Å². The molecule has 0 saturated heterocycles. The predicted molar refractivity (Wildman–Crippen MR) is 61.5 cm³/mol. The number of rotatable bonds is 4. The SMILES string of the molecule is CCC1=C(C)CCC(C)(C)C1COC=O. The van der Waals surface area contributed by atoms with Gasteiger partial charge < -0.3 is 4.74 Å². The monoisotopic (exact) mass is 210 g/mol. The zero-order valence-corrected chi connectivity index (χ0v) is 10.3. The van der Waals surface area contributed by atoms with E-state index in [0.29, 0.717) is 19.0 Å². The van der Waals surface area contributed by atoms with Gasteiger partial charge in [0, 0.05) is 5.92 Å². The Kier molecular flexibility index (Phi) is 3.95. The number of allylic oxidation sites excluding steroid dienone is 1. The minimum atomic E-state index is 0.258. The Balaban J connectivity index is 2.90. The second-order valence-corrected chi connectivity index (χ2v) is 5.13. The molecular weight excluding hydrogens is 188 g/mol. The summed E-state index contributed by atoms with van der Waals surface area (Å²) < 4.78 is 4.97. The van der Waals surface area contributed by atoms with Crippen molar-refractivity contribution in [2.24, 2.45) is 11.3 Å². The van der Waals surface area contributed by atoms with Gasteiger partial charge in [-0.25, -0.2) is 0 Å². The third-order valence-corrected chi connectivity index (χ3v) is 3.77. The lowest BCUT2D eigenvalue weighted by atomic mass is 9.66. The average Bonchev–Trinajstić information content (AvgIpc) is 2.19. The van der Waals surface area contributed by atoms with Gasteiger partial charge in [0.05, 0.1) is 6.61 Å². The van der Waals surface area contributed by atoms with Crippen LogP contribution in [0.1, 0.15) is 47.0 Å². The van der Waals surface area contributed by atoms with Crippen molar-refractivity contribution in [3.8, 4) is 0 Å². The molecule has 0 saturated carbocycles. The molecule has 0 radical (unpaired) electrons. The molecule has 1 unspecified atom stereocenters. The molecule has 1 aliphatic carbocycles. The van der Waals surface area contributed by atoms with Gasteiger partial charge in [-0.15, -0.1) is 0 Å². The molecule has 0 fully saturated rings. The first-order valence-electron chi connectivity index (χ1n) is 5.76. The summed E-state index contributed by atoms with van der Waals surface area (Å²) in [4.78, 5) is 10.3. The minimum Gasteiger partial charge on any atom is -0.467 e. The molecule has 1 aliphatic rings. The lowest BCUT2D eigenvalue weighted by molar-refractivity contribution is -0.130. The summed E-state index contributed by atoms with van der Waals surface area (Å²) in [6.45, 7) is 10.0. The Morgan fingerprint density at radius 1 is 1.53 bits per heavy atom. The van der Waals surface area contributed by atoms with E-state index >= 15 is 0 Å². The maximum atomic E-state index is 10.3. The highest BCUT2D eigenvalue weighted by atomic mass is 16.5. The zero-order chi connectivity index (χ0) is 11.5. The second-order valence-electron chi connectivity index (χ2n) is 5.13. The minimum absolute atomic E-state index is 0.258. The molecule has 0 N–H and O–H groups in total. The number of hydrogen-bond donors (Lipinski definition) is 0. The largest absolute Gasteiger partial charge is 0.467 e. The van der Waals surface area contributed by atoms with Crippen molar-refractivity contribution in [1.29, 1.82) is 0 Å². The summed E-state index contributed by atoms with van der Waals surface area (Å²) in [6, 6.07) is 0. The van der Waals surface area contributed by atoms with Gasteiger partial charge in [-0.05, 0) is 31.6 Å². The highest BCUT2D eigenvalue weighted by Crippen LogP contribution is 2.44. The van der Waals surface area contributed by atoms with Crippen molar-refractivity contribution in [2.75, 3.05) is 6.61 Å². The van der Waals surface area contributed by atoms with Crippen LogP contribution < -0.4 is 0 Å². The highest BCUT2D eigenvalue weighted by molar-refractivity contribution is 5.37. The van der Waals surface area contributed by atoms with Crippen molar-refractivity contribution in [1.82, 2.24) is 0 Å². The predicted octanol–water partition coefficient (Wildman–Crippen LogP) is 3.32. The van der Waals surface area contributed by atoms with Crippen LogP contribution >= 0.6 is 0 Å². The molecule has 0 spiro atoms. The standard InChI is InChI=1S/C13H22O2/c1-5-11-10(2)6-7-13(3,4)12(11)8-15-9-14/h9,12H,5-8H2,1-4H3. The van der Waals surface area contributed by atoms with Crippen LogP contribution in [0, 0.1) is 11.3 Å². The zero-order valence-electron chi connectivity index (χ0n) is 10.3. The van der Waals surface area contributed by atoms with Gasteiger partial charge in [-0.2, -0.15) is 0 Å². The average molecular weight is 210 g/mol. The van der Waals surface area contributed by atoms with E-state index in [1.54, 1.807) is 0 Å². The highest BCUT2D eigenvalue weighted by Gasteiger charge is 2.35. The fraction of sp³-hybridized carbons (Fsp3) is 0.769. The van der Waals surface area contributed by atoms with Crippen LogP contribution in [0.15, 0.2) is 11.1 Å². The Morgan fingerprint density at radius 3 is 2.73 bits per heavy atom. The summed E-state index contributed by atoms with van der Waals surface area (Å²) in [5, 5.41) is 0.